The molecule has 150 valence electrons. The van der Waals surface area contributed by atoms with Gasteiger partial charge in [-0.25, -0.2) is 9.67 Å². The van der Waals surface area contributed by atoms with E-state index in [2.05, 4.69) is 25.7 Å². The van der Waals surface area contributed by atoms with Gasteiger partial charge < -0.3 is 10.6 Å². The molecule has 2 aromatic carbocycles. The number of para-hydroxylation sites is 1. The zero-order valence-corrected chi connectivity index (χ0v) is 16.3. The van der Waals surface area contributed by atoms with Gasteiger partial charge in [0.2, 0.25) is 11.8 Å². The van der Waals surface area contributed by atoms with Gasteiger partial charge in [0, 0.05) is 23.0 Å². The number of anilines is 2. The Morgan fingerprint density at radius 3 is 2.47 bits per heavy atom. The number of pyridine rings is 1. The lowest BCUT2D eigenvalue weighted by Gasteiger charge is -2.12. The van der Waals surface area contributed by atoms with Crippen molar-refractivity contribution in [3.8, 4) is 0 Å². The first-order valence-electron chi connectivity index (χ1n) is 9.47. The molecule has 0 saturated carbocycles. The fraction of sp³-hybridized carbons (Fsp3) is 0.136. The van der Waals surface area contributed by atoms with Crippen molar-refractivity contribution in [2.24, 2.45) is 0 Å². The maximum absolute atomic E-state index is 12.5. The number of hydrogen-bond donors (Lipinski definition) is 2. The fourth-order valence-electron chi connectivity index (χ4n) is 3.11. The highest BCUT2D eigenvalue weighted by Gasteiger charge is 2.15. The van der Waals surface area contributed by atoms with E-state index >= 15 is 0 Å². The van der Waals surface area contributed by atoms with Crippen LogP contribution in [0.5, 0.6) is 0 Å². The first-order chi connectivity index (χ1) is 14.6. The molecule has 0 saturated heterocycles. The number of nitrogens with one attached hydrogen (secondary N) is 2. The lowest BCUT2D eigenvalue weighted by molar-refractivity contribution is -0.119. The zero-order valence-electron chi connectivity index (χ0n) is 16.3. The molecule has 0 aliphatic heterocycles. The van der Waals surface area contributed by atoms with Crippen LogP contribution in [0, 0.1) is 0 Å². The lowest BCUT2D eigenvalue weighted by atomic mass is 10.1. The molecular formula is C22H20N6O2. The third-order valence-corrected chi connectivity index (χ3v) is 4.72. The van der Waals surface area contributed by atoms with Gasteiger partial charge in [-0.2, -0.15) is 5.10 Å². The van der Waals surface area contributed by atoms with Crippen LogP contribution in [0.15, 0.2) is 73.4 Å². The fourth-order valence-corrected chi connectivity index (χ4v) is 3.11. The van der Waals surface area contributed by atoms with Gasteiger partial charge in [-0.05, 0) is 42.8 Å². The van der Waals surface area contributed by atoms with Crippen LogP contribution in [-0.4, -0.2) is 31.6 Å². The average Bonchev–Trinajstić information content (AvgIpc) is 3.30. The number of fused-ring (bicyclic) bond motifs is 1. The Kier molecular flexibility index (Phi) is 5.47. The van der Waals surface area contributed by atoms with E-state index in [4.69, 9.17) is 0 Å². The van der Waals surface area contributed by atoms with Gasteiger partial charge in [0.05, 0.1) is 11.9 Å². The molecule has 30 heavy (non-hydrogen) atoms. The molecule has 8 nitrogen and oxygen atoms in total. The smallest absolute Gasteiger partial charge is 0.249 e. The van der Waals surface area contributed by atoms with Gasteiger partial charge in [-0.3, -0.25) is 14.6 Å². The third kappa shape index (κ3) is 4.33. The van der Waals surface area contributed by atoms with Crippen molar-refractivity contribution >= 4 is 34.1 Å². The molecule has 2 heterocycles. The molecule has 0 bridgehead atoms. The Bertz CT molecular complexity index is 1170. The second kappa shape index (κ2) is 8.52. The molecular weight excluding hydrogens is 380 g/mol. The summed E-state index contributed by atoms with van der Waals surface area (Å²) in [5.41, 5.74) is 2.98. The summed E-state index contributed by atoms with van der Waals surface area (Å²) in [6.45, 7) is 1.74. The number of aromatic nitrogens is 4. The predicted octanol–water partition coefficient (Wildman–Crippen LogP) is 3.21. The van der Waals surface area contributed by atoms with Gasteiger partial charge >= 0.3 is 0 Å². The van der Waals surface area contributed by atoms with Gasteiger partial charge in [0.1, 0.15) is 18.7 Å². The molecule has 4 rings (SSSR count). The zero-order chi connectivity index (χ0) is 20.9. The molecule has 0 aliphatic carbocycles. The van der Waals surface area contributed by atoms with Crippen molar-refractivity contribution in [1.29, 1.82) is 0 Å². The molecule has 0 aliphatic rings. The third-order valence-electron chi connectivity index (χ3n) is 4.72. The molecule has 2 N–H and O–H groups in total. The number of carbonyl (C=O) groups excluding carboxylic acids is 2. The minimum atomic E-state index is -0.485. The quantitative estimate of drug-likeness (QED) is 0.517. The van der Waals surface area contributed by atoms with Crippen LogP contribution in [-0.2, 0) is 16.0 Å². The highest BCUT2D eigenvalue weighted by molar-refractivity contribution is 5.96. The lowest BCUT2D eigenvalue weighted by Crippen LogP contribution is -2.24. The number of nitrogens with zero attached hydrogens (tertiary/aromatic N) is 4. The van der Waals surface area contributed by atoms with Crippen LogP contribution >= 0.6 is 0 Å². The van der Waals surface area contributed by atoms with Crippen molar-refractivity contribution in [2.75, 3.05) is 10.6 Å². The van der Waals surface area contributed by atoms with Crippen LogP contribution in [0.4, 0.5) is 11.4 Å². The van der Waals surface area contributed by atoms with Gasteiger partial charge in [-0.1, -0.05) is 24.3 Å². The topological polar surface area (TPSA) is 102 Å². The Morgan fingerprint density at radius 1 is 1.00 bits per heavy atom. The number of benzene rings is 2. The van der Waals surface area contributed by atoms with E-state index in [-0.39, 0.29) is 18.2 Å². The van der Waals surface area contributed by atoms with E-state index in [0.29, 0.717) is 11.4 Å². The van der Waals surface area contributed by atoms with Gasteiger partial charge in [0.15, 0.2) is 0 Å². The summed E-state index contributed by atoms with van der Waals surface area (Å²) >= 11 is 0. The van der Waals surface area contributed by atoms with E-state index in [9.17, 15) is 9.59 Å². The second-order valence-corrected chi connectivity index (χ2v) is 6.84. The van der Waals surface area contributed by atoms with E-state index < -0.39 is 6.04 Å². The molecule has 4 aromatic rings. The summed E-state index contributed by atoms with van der Waals surface area (Å²) in [7, 11) is 0. The Labute approximate surface area is 173 Å². The molecule has 8 heteroatoms. The number of amides is 2. The highest BCUT2D eigenvalue weighted by Crippen LogP contribution is 2.18. The van der Waals surface area contributed by atoms with Crippen molar-refractivity contribution in [3.05, 3.63) is 79.0 Å². The first kappa shape index (κ1) is 19.3. The van der Waals surface area contributed by atoms with Crippen molar-refractivity contribution in [3.63, 3.8) is 0 Å². The van der Waals surface area contributed by atoms with Gasteiger partial charge in [-0.15, -0.1) is 0 Å². The summed E-state index contributed by atoms with van der Waals surface area (Å²) < 4.78 is 1.48. The first-order valence-corrected chi connectivity index (χ1v) is 9.47. The molecule has 2 amide bonds. The minimum Gasteiger partial charge on any atom is -0.326 e. The van der Waals surface area contributed by atoms with Crippen molar-refractivity contribution < 1.29 is 9.59 Å². The van der Waals surface area contributed by atoms with Crippen LogP contribution in [0.3, 0.4) is 0 Å². The standard InChI is InChI=1S/C22H20N6O2/c1-15(28-14-23-13-25-28)22(30)27-19-9-7-18(8-10-19)26-20(29)12-17-5-2-4-16-6-3-11-24-21(16)17/h2-11,13-15H,12H2,1H3,(H,26,29)(H,27,30). The molecule has 0 fully saturated rings. The normalized spacial score (nSPS) is 11.8. The van der Waals surface area contributed by atoms with E-state index in [1.54, 1.807) is 37.4 Å². The summed E-state index contributed by atoms with van der Waals surface area (Å²) in [5.74, 6) is -0.342. The summed E-state index contributed by atoms with van der Waals surface area (Å²) in [5, 5.41) is 10.7. The molecule has 1 unspecified atom stereocenters. The second-order valence-electron chi connectivity index (χ2n) is 6.84. The molecule has 0 spiro atoms. The Balaban J connectivity index is 1.37. The Hall–Kier alpha value is -4.07. The van der Waals surface area contributed by atoms with Crippen LogP contribution < -0.4 is 10.6 Å². The SMILES string of the molecule is CC(C(=O)Nc1ccc(NC(=O)Cc2cccc3cccnc23)cc1)n1cncn1. The van der Waals surface area contributed by atoms with E-state index in [1.165, 1.54) is 17.3 Å². The molecule has 2 aromatic heterocycles. The monoisotopic (exact) mass is 400 g/mol. The summed E-state index contributed by atoms with van der Waals surface area (Å²) in [6.07, 6.45) is 4.83. The maximum atomic E-state index is 12.5. The molecule has 0 radical (unpaired) electrons. The minimum absolute atomic E-state index is 0.134. The van der Waals surface area contributed by atoms with Gasteiger partial charge in [0.25, 0.3) is 0 Å². The molecule has 1 atom stereocenters. The van der Waals surface area contributed by atoms with Crippen LogP contribution in [0.1, 0.15) is 18.5 Å². The maximum Gasteiger partial charge on any atom is 0.249 e. The number of hydrogen-bond acceptors (Lipinski definition) is 5. The summed E-state index contributed by atoms with van der Waals surface area (Å²) in [6, 6.07) is 16.1. The highest BCUT2D eigenvalue weighted by atomic mass is 16.2. The van der Waals surface area contributed by atoms with E-state index in [0.717, 1.165) is 16.5 Å². The Morgan fingerprint density at radius 2 is 1.73 bits per heavy atom. The van der Waals surface area contributed by atoms with Crippen LogP contribution in [0.2, 0.25) is 0 Å². The number of carbonyl (C=O) groups is 2. The number of rotatable bonds is 6. The largest absolute Gasteiger partial charge is 0.326 e. The average molecular weight is 400 g/mol. The van der Waals surface area contributed by atoms with Crippen molar-refractivity contribution in [2.45, 2.75) is 19.4 Å². The summed E-state index contributed by atoms with van der Waals surface area (Å²) in [4.78, 5) is 33.0. The van der Waals surface area contributed by atoms with Crippen molar-refractivity contribution in [1.82, 2.24) is 19.7 Å². The van der Waals surface area contributed by atoms with Crippen LogP contribution in [0.25, 0.3) is 10.9 Å². The predicted molar refractivity (Wildman–Crippen MR) is 114 cm³/mol. The van der Waals surface area contributed by atoms with E-state index in [1.807, 2.05) is 30.3 Å².